The molecular formula is C20H18N4O2. The zero-order valence-corrected chi connectivity index (χ0v) is 13.9. The van der Waals surface area contributed by atoms with E-state index in [2.05, 4.69) is 0 Å². The van der Waals surface area contributed by atoms with E-state index in [-0.39, 0.29) is 0 Å². The van der Waals surface area contributed by atoms with Crippen molar-refractivity contribution in [3.63, 3.8) is 0 Å². The van der Waals surface area contributed by atoms with Gasteiger partial charge < -0.3 is 22.9 Å². The molecule has 0 aliphatic heterocycles. The van der Waals surface area contributed by atoms with E-state index in [0.29, 0.717) is 33.6 Å². The summed E-state index contributed by atoms with van der Waals surface area (Å²) in [5.74, 6) is -1.06. The Labute approximate surface area is 150 Å². The zero-order chi connectivity index (χ0) is 18.8. The third kappa shape index (κ3) is 3.21. The minimum absolute atomic E-state index is 0.383. The lowest BCUT2D eigenvalue weighted by molar-refractivity contribution is 0.0992. The number of anilines is 2. The number of rotatable bonds is 4. The average Bonchev–Trinajstić information content (AvgIpc) is 2.61. The molecule has 0 fully saturated rings. The molecule has 3 rings (SSSR count). The van der Waals surface area contributed by atoms with Crippen molar-refractivity contribution >= 4 is 23.2 Å². The predicted molar refractivity (Wildman–Crippen MR) is 103 cm³/mol. The van der Waals surface area contributed by atoms with Crippen LogP contribution in [0.4, 0.5) is 11.4 Å². The highest BCUT2D eigenvalue weighted by Gasteiger charge is 2.13. The Morgan fingerprint density at radius 2 is 0.923 bits per heavy atom. The van der Waals surface area contributed by atoms with Gasteiger partial charge >= 0.3 is 0 Å². The molecule has 0 aliphatic carbocycles. The van der Waals surface area contributed by atoms with Crippen LogP contribution in [-0.2, 0) is 0 Å². The molecule has 3 aromatic rings. The Hall–Kier alpha value is -3.80. The summed E-state index contributed by atoms with van der Waals surface area (Å²) in [5.41, 5.74) is 27.2. The van der Waals surface area contributed by atoms with Crippen molar-refractivity contribution in [3.8, 4) is 22.3 Å². The highest BCUT2D eigenvalue weighted by atomic mass is 16.1. The maximum atomic E-state index is 11.7. The molecule has 0 unspecified atom stereocenters. The molecule has 0 saturated heterocycles. The minimum atomic E-state index is -0.532. The van der Waals surface area contributed by atoms with Crippen molar-refractivity contribution in [1.29, 1.82) is 0 Å². The molecule has 0 heterocycles. The average molecular weight is 346 g/mol. The fraction of sp³-hybridized carbons (Fsp3) is 0. The van der Waals surface area contributed by atoms with Crippen LogP contribution in [0.25, 0.3) is 22.3 Å². The summed E-state index contributed by atoms with van der Waals surface area (Å²) >= 11 is 0. The summed E-state index contributed by atoms with van der Waals surface area (Å²) in [6.45, 7) is 0. The lowest BCUT2D eigenvalue weighted by Gasteiger charge is -2.11. The molecule has 3 aromatic carbocycles. The van der Waals surface area contributed by atoms with Gasteiger partial charge in [-0.1, -0.05) is 24.3 Å². The van der Waals surface area contributed by atoms with E-state index in [9.17, 15) is 9.59 Å². The summed E-state index contributed by atoms with van der Waals surface area (Å²) in [5, 5.41) is 0. The van der Waals surface area contributed by atoms with E-state index >= 15 is 0 Å². The highest BCUT2D eigenvalue weighted by molar-refractivity contribution is 6.02. The zero-order valence-electron chi connectivity index (χ0n) is 13.9. The van der Waals surface area contributed by atoms with E-state index < -0.39 is 11.8 Å². The third-order valence-corrected chi connectivity index (χ3v) is 4.13. The molecule has 2 amide bonds. The van der Waals surface area contributed by atoms with Crippen molar-refractivity contribution in [1.82, 2.24) is 0 Å². The molecular weight excluding hydrogens is 328 g/mol. The first kappa shape index (κ1) is 17.0. The second kappa shape index (κ2) is 6.60. The van der Waals surface area contributed by atoms with E-state index in [4.69, 9.17) is 22.9 Å². The molecule has 26 heavy (non-hydrogen) atoms. The second-order valence-electron chi connectivity index (χ2n) is 5.92. The van der Waals surface area contributed by atoms with Crippen LogP contribution in [0.3, 0.4) is 0 Å². The Morgan fingerprint density at radius 1 is 0.577 bits per heavy atom. The van der Waals surface area contributed by atoms with Crippen LogP contribution in [0.15, 0.2) is 60.7 Å². The molecule has 0 aliphatic rings. The lowest BCUT2D eigenvalue weighted by Crippen LogP contribution is -2.13. The van der Waals surface area contributed by atoms with Crippen molar-refractivity contribution in [2.24, 2.45) is 11.5 Å². The summed E-state index contributed by atoms with van der Waals surface area (Å²) in [6.07, 6.45) is 0. The van der Waals surface area contributed by atoms with Gasteiger partial charge in [0, 0.05) is 22.5 Å². The van der Waals surface area contributed by atoms with Gasteiger partial charge in [-0.15, -0.1) is 0 Å². The van der Waals surface area contributed by atoms with E-state index in [1.165, 1.54) is 0 Å². The first-order valence-corrected chi connectivity index (χ1v) is 7.86. The van der Waals surface area contributed by atoms with Gasteiger partial charge in [-0.2, -0.15) is 0 Å². The number of nitrogens with two attached hydrogens (primary N) is 4. The topological polar surface area (TPSA) is 138 Å². The van der Waals surface area contributed by atoms with Crippen molar-refractivity contribution in [3.05, 3.63) is 71.8 Å². The van der Waals surface area contributed by atoms with Crippen molar-refractivity contribution < 1.29 is 9.59 Å². The van der Waals surface area contributed by atoms with Crippen LogP contribution >= 0.6 is 0 Å². The molecule has 130 valence electrons. The molecule has 0 spiro atoms. The molecule has 0 bridgehead atoms. The molecule has 6 nitrogen and oxygen atoms in total. The number of hydrogen-bond acceptors (Lipinski definition) is 4. The van der Waals surface area contributed by atoms with Crippen molar-refractivity contribution in [2.75, 3.05) is 11.5 Å². The van der Waals surface area contributed by atoms with Crippen LogP contribution in [0, 0.1) is 0 Å². The van der Waals surface area contributed by atoms with Gasteiger partial charge in [-0.25, -0.2) is 0 Å². The fourth-order valence-electron chi connectivity index (χ4n) is 2.86. The van der Waals surface area contributed by atoms with Crippen LogP contribution in [0.2, 0.25) is 0 Å². The van der Waals surface area contributed by atoms with Crippen LogP contribution in [0.5, 0.6) is 0 Å². The van der Waals surface area contributed by atoms with Crippen LogP contribution in [0.1, 0.15) is 20.7 Å². The fourth-order valence-corrected chi connectivity index (χ4v) is 2.86. The molecule has 0 radical (unpaired) electrons. The lowest BCUT2D eigenvalue weighted by atomic mass is 9.94. The summed E-state index contributed by atoms with van der Waals surface area (Å²) in [7, 11) is 0. The Kier molecular flexibility index (Phi) is 4.33. The predicted octanol–water partition coefficient (Wildman–Crippen LogP) is 2.38. The third-order valence-electron chi connectivity index (χ3n) is 4.13. The summed E-state index contributed by atoms with van der Waals surface area (Å²) in [6, 6.07) is 17.2. The summed E-state index contributed by atoms with van der Waals surface area (Å²) < 4.78 is 0. The van der Waals surface area contributed by atoms with Crippen LogP contribution < -0.4 is 22.9 Å². The number of benzene rings is 3. The van der Waals surface area contributed by atoms with Gasteiger partial charge in [0.15, 0.2) is 0 Å². The maximum absolute atomic E-state index is 11.7. The normalized spacial score (nSPS) is 10.5. The summed E-state index contributed by atoms with van der Waals surface area (Å²) in [4.78, 5) is 23.3. The van der Waals surface area contributed by atoms with E-state index in [0.717, 1.165) is 11.1 Å². The minimum Gasteiger partial charge on any atom is -0.399 e. The number of amides is 2. The number of hydrogen-bond donors (Lipinski definition) is 4. The molecule has 0 saturated carbocycles. The second-order valence-corrected chi connectivity index (χ2v) is 5.92. The van der Waals surface area contributed by atoms with Gasteiger partial charge in [-0.05, 0) is 58.7 Å². The first-order chi connectivity index (χ1) is 12.4. The Morgan fingerprint density at radius 3 is 1.23 bits per heavy atom. The van der Waals surface area contributed by atoms with Crippen LogP contribution in [-0.4, -0.2) is 11.8 Å². The van der Waals surface area contributed by atoms with Gasteiger partial charge in [0.05, 0.1) is 0 Å². The van der Waals surface area contributed by atoms with Gasteiger partial charge in [-0.3, -0.25) is 9.59 Å². The number of primary amides is 2. The quantitative estimate of drug-likeness (QED) is 0.539. The monoisotopic (exact) mass is 346 g/mol. The van der Waals surface area contributed by atoms with Gasteiger partial charge in [0.25, 0.3) is 0 Å². The molecule has 0 atom stereocenters. The molecule has 6 heteroatoms. The Bertz CT molecular complexity index is 928. The highest BCUT2D eigenvalue weighted by Crippen LogP contribution is 2.31. The molecule has 8 N–H and O–H groups in total. The van der Waals surface area contributed by atoms with E-state index in [1.54, 1.807) is 36.4 Å². The largest absolute Gasteiger partial charge is 0.399 e. The smallest absolute Gasteiger partial charge is 0.249 e. The van der Waals surface area contributed by atoms with E-state index in [1.807, 2.05) is 24.3 Å². The number of carbonyl (C=O) groups excluding carboxylic acids is 2. The SMILES string of the molecule is NC(=O)c1ccc(N)cc1-c1ccc(-c2cc(N)ccc2C(N)=O)cc1. The first-order valence-electron chi connectivity index (χ1n) is 7.86. The van der Waals surface area contributed by atoms with Gasteiger partial charge in [0.2, 0.25) is 11.8 Å². The van der Waals surface area contributed by atoms with Gasteiger partial charge in [0.1, 0.15) is 0 Å². The maximum Gasteiger partial charge on any atom is 0.249 e. The number of carbonyl (C=O) groups is 2. The molecule has 0 aromatic heterocycles. The van der Waals surface area contributed by atoms with Crippen molar-refractivity contribution in [2.45, 2.75) is 0 Å². The Balaban J connectivity index is 2.09. The number of nitrogen functional groups attached to an aromatic ring is 2. The standard InChI is InChI=1S/C20H18N4O2/c21-13-5-7-15(19(23)25)17(9-13)11-1-2-12(4-3-11)18-10-14(22)6-8-16(18)20(24)26/h1-10H,21-22H2,(H2,23,25)(H2,24,26).